The van der Waals surface area contributed by atoms with E-state index in [-0.39, 0.29) is 0 Å². The molecule has 0 saturated heterocycles. The van der Waals surface area contributed by atoms with Crippen LogP contribution in [-0.2, 0) is 22.6 Å². The van der Waals surface area contributed by atoms with E-state index in [9.17, 15) is 9.59 Å². The maximum absolute atomic E-state index is 11.7. The number of carbonyl (C=O) groups is 2. The highest BCUT2D eigenvalue weighted by Gasteiger charge is 2.20. The standard InChI is InChI=1S/C12H14N2O4/c15-11(16)8-18-13-12(17)14-6-5-9-3-1-2-4-10(9)7-14/h1-4H,5-8H2,(H,13,17)(H,15,16). The van der Waals surface area contributed by atoms with E-state index in [1.165, 1.54) is 5.56 Å². The van der Waals surface area contributed by atoms with Gasteiger partial charge in [0.05, 0.1) is 0 Å². The molecule has 0 fully saturated rings. The van der Waals surface area contributed by atoms with Crippen molar-refractivity contribution in [3.05, 3.63) is 35.4 Å². The minimum Gasteiger partial charge on any atom is -0.479 e. The third-order valence-corrected chi connectivity index (χ3v) is 2.77. The van der Waals surface area contributed by atoms with Gasteiger partial charge < -0.3 is 10.0 Å². The summed E-state index contributed by atoms with van der Waals surface area (Å²) in [5.74, 6) is -1.13. The summed E-state index contributed by atoms with van der Waals surface area (Å²) in [6.07, 6.45) is 0.794. The third-order valence-electron chi connectivity index (χ3n) is 2.77. The fraction of sp³-hybridized carbons (Fsp3) is 0.333. The van der Waals surface area contributed by atoms with Gasteiger partial charge in [-0.15, -0.1) is 0 Å². The average Bonchev–Trinajstić information content (AvgIpc) is 2.37. The molecule has 1 heterocycles. The number of hydrogen-bond acceptors (Lipinski definition) is 3. The number of fused-ring (bicyclic) bond motifs is 1. The molecule has 2 amide bonds. The molecule has 2 N–H and O–H groups in total. The lowest BCUT2D eigenvalue weighted by Gasteiger charge is -2.28. The number of carbonyl (C=O) groups excluding carboxylic acids is 1. The van der Waals surface area contributed by atoms with E-state index in [0.29, 0.717) is 13.1 Å². The number of hydroxylamine groups is 1. The van der Waals surface area contributed by atoms with E-state index in [1.54, 1.807) is 4.90 Å². The SMILES string of the molecule is O=C(O)CONC(=O)N1CCc2ccccc2C1. The number of urea groups is 1. The van der Waals surface area contributed by atoms with E-state index in [0.717, 1.165) is 12.0 Å². The van der Waals surface area contributed by atoms with Gasteiger partial charge in [-0.2, -0.15) is 0 Å². The summed E-state index contributed by atoms with van der Waals surface area (Å²) >= 11 is 0. The number of carboxylic acid groups (broad SMARTS) is 1. The van der Waals surface area contributed by atoms with Crippen molar-refractivity contribution in [1.29, 1.82) is 0 Å². The number of benzene rings is 1. The Labute approximate surface area is 104 Å². The molecular formula is C12H14N2O4. The molecule has 0 aromatic heterocycles. The Morgan fingerprint density at radius 1 is 1.33 bits per heavy atom. The van der Waals surface area contributed by atoms with E-state index >= 15 is 0 Å². The van der Waals surface area contributed by atoms with Gasteiger partial charge in [-0.05, 0) is 17.5 Å². The van der Waals surface area contributed by atoms with E-state index in [2.05, 4.69) is 10.3 Å². The van der Waals surface area contributed by atoms with E-state index in [1.807, 2.05) is 24.3 Å². The first-order valence-electron chi connectivity index (χ1n) is 5.62. The van der Waals surface area contributed by atoms with Gasteiger partial charge in [0.25, 0.3) is 0 Å². The summed E-state index contributed by atoms with van der Waals surface area (Å²) in [5, 5.41) is 8.38. The van der Waals surface area contributed by atoms with Crippen LogP contribution in [0.15, 0.2) is 24.3 Å². The van der Waals surface area contributed by atoms with Gasteiger partial charge in [0.1, 0.15) is 0 Å². The zero-order valence-corrected chi connectivity index (χ0v) is 9.76. The maximum Gasteiger partial charge on any atom is 0.341 e. The Bertz CT molecular complexity index is 461. The van der Waals surface area contributed by atoms with Crippen molar-refractivity contribution in [2.45, 2.75) is 13.0 Å². The number of hydrogen-bond donors (Lipinski definition) is 2. The summed E-state index contributed by atoms with van der Waals surface area (Å²) in [4.78, 5) is 28.1. The van der Waals surface area contributed by atoms with Crippen molar-refractivity contribution in [3.8, 4) is 0 Å². The largest absolute Gasteiger partial charge is 0.479 e. The van der Waals surface area contributed by atoms with Crippen LogP contribution in [0.2, 0.25) is 0 Å². The van der Waals surface area contributed by atoms with Crippen LogP contribution in [0.4, 0.5) is 4.79 Å². The Kier molecular flexibility index (Phi) is 3.78. The van der Waals surface area contributed by atoms with E-state index in [4.69, 9.17) is 5.11 Å². The molecule has 0 saturated carbocycles. The minimum atomic E-state index is -1.13. The van der Waals surface area contributed by atoms with Gasteiger partial charge in [0.2, 0.25) is 0 Å². The van der Waals surface area contributed by atoms with Crippen molar-refractivity contribution < 1.29 is 19.5 Å². The lowest BCUT2D eigenvalue weighted by molar-refractivity contribution is -0.144. The molecule has 1 aromatic rings. The highest BCUT2D eigenvalue weighted by molar-refractivity contribution is 5.74. The van der Waals surface area contributed by atoms with Crippen molar-refractivity contribution in [2.24, 2.45) is 0 Å². The summed E-state index contributed by atoms with van der Waals surface area (Å²) < 4.78 is 0. The average molecular weight is 250 g/mol. The van der Waals surface area contributed by atoms with Gasteiger partial charge in [-0.3, -0.25) is 4.84 Å². The number of amides is 2. The quantitative estimate of drug-likeness (QED) is 0.777. The molecule has 18 heavy (non-hydrogen) atoms. The van der Waals surface area contributed by atoms with E-state index < -0.39 is 18.6 Å². The molecule has 2 rings (SSSR count). The monoisotopic (exact) mass is 250 g/mol. The Morgan fingerprint density at radius 2 is 2.06 bits per heavy atom. The predicted molar refractivity (Wildman–Crippen MR) is 62.7 cm³/mol. The Hall–Kier alpha value is -2.08. The zero-order chi connectivity index (χ0) is 13.0. The fourth-order valence-corrected chi connectivity index (χ4v) is 1.89. The Morgan fingerprint density at radius 3 is 2.78 bits per heavy atom. The molecule has 0 spiro atoms. The number of rotatable bonds is 3. The number of nitrogens with one attached hydrogen (secondary N) is 1. The molecule has 6 nitrogen and oxygen atoms in total. The lowest BCUT2D eigenvalue weighted by Crippen LogP contribution is -2.43. The van der Waals surface area contributed by atoms with Gasteiger partial charge in [0.15, 0.2) is 6.61 Å². The van der Waals surface area contributed by atoms with Crippen molar-refractivity contribution >= 4 is 12.0 Å². The lowest BCUT2D eigenvalue weighted by atomic mass is 10.0. The van der Waals surface area contributed by atoms with Crippen LogP contribution in [0.25, 0.3) is 0 Å². The summed E-state index contributed by atoms with van der Waals surface area (Å²) in [7, 11) is 0. The van der Waals surface area contributed by atoms with Gasteiger partial charge in [-0.1, -0.05) is 24.3 Å². The van der Waals surface area contributed by atoms with Crippen LogP contribution in [0.1, 0.15) is 11.1 Å². The van der Waals surface area contributed by atoms with Crippen LogP contribution >= 0.6 is 0 Å². The molecule has 1 aliphatic heterocycles. The highest BCUT2D eigenvalue weighted by atomic mass is 16.7. The summed E-state index contributed by atoms with van der Waals surface area (Å²) in [6.45, 7) is 0.563. The minimum absolute atomic E-state index is 0.411. The van der Waals surface area contributed by atoms with Crippen molar-refractivity contribution in [3.63, 3.8) is 0 Å². The van der Waals surface area contributed by atoms with Gasteiger partial charge >= 0.3 is 12.0 Å². The molecule has 1 aliphatic rings. The molecule has 6 heteroatoms. The van der Waals surface area contributed by atoms with Crippen LogP contribution in [0.3, 0.4) is 0 Å². The smallest absolute Gasteiger partial charge is 0.341 e. The van der Waals surface area contributed by atoms with Crippen LogP contribution in [0.5, 0.6) is 0 Å². The zero-order valence-electron chi connectivity index (χ0n) is 9.76. The molecule has 0 radical (unpaired) electrons. The highest BCUT2D eigenvalue weighted by Crippen LogP contribution is 2.18. The topological polar surface area (TPSA) is 78.9 Å². The second-order valence-electron chi connectivity index (χ2n) is 4.03. The number of nitrogens with zero attached hydrogens (tertiary/aromatic N) is 1. The number of aliphatic carboxylic acids is 1. The van der Waals surface area contributed by atoms with Gasteiger partial charge in [-0.25, -0.2) is 15.1 Å². The van der Waals surface area contributed by atoms with Crippen LogP contribution in [-0.4, -0.2) is 35.2 Å². The van der Waals surface area contributed by atoms with Gasteiger partial charge in [0, 0.05) is 13.1 Å². The first-order valence-corrected chi connectivity index (χ1v) is 5.62. The molecule has 0 unspecified atom stereocenters. The van der Waals surface area contributed by atoms with Crippen LogP contribution in [0, 0.1) is 0 Å². The molecule has 1 aromatic carbocycles. The second-order valence-corrected chi connectivity index (χ2v) is 4.03. The molecule has 0 aliphatic carbocycles. The molecular weight excluding hydrogens is 236 g/mol. The normalized spacial score (nSPS) is 13.9. The van der Waals surface area contributed by atoms with Crippen molar-refractivity contribution in [2.75, 3.05) is 13.2 Å². The first-order chi connectivity index (χ1) is 8.66. The molecule has 0 bridgehead atoms. The van der Waals surface area contributed by atoms with Crippen molar-refractivity contribution in [1.82, 2.24) is 10.4 Å². The Balaban J connectivity index is 1.88. The number of carboxylic acids is 1. The maximum atomic E-state index is 11.7. The molecule has 96 valence electrons. The predicted octanol–water partition coefficient (Wildman–Crippen LogP) is 0.770. The third kappa shape index (κ3) is 2.98. The summed E-state index contributed by atoms with van der Waals surface area (Å²) in [5.41, 5.74) is 4.47. The van der Waals surface area contributed by atoms with Crippen LogP contribution < -0.4 is 5.48 Å². The fourth-order valence-electron chi connectivity index (χ4n) is 1.89. The second kappa shape index (κ2) is 5.50. The first kappa shape index (κ1) is 12.4. The molecule has 0 atom stereocenters. The summed E-state index contributed by atoms with van der Waals surface area (Å²) in [6, 6.07) is 7.52.